The van der Waals surface area contributed by atoms with Crippen molar-refractivity contribution >= 4 is 33.6 Å². The van der Waals surface area contributed by atoms with Gasteiger partial charge in [0.15, 0.2) is 0 Å². The fourth-order valence-corrected chi connectivity index (χ4v) is 2.52. The van der Waals surface area contributed by atoms with Gasteiger partial charge in [-0.15, -0.1) is 0 Å². The molecule has 1 aromatic heterocycles. The highest BCUT2D eigenvalue weighted by molar-refractivity contribution is 9.11. The second kappa shape index (κ2) is 9.85. The minimum atomic E-state index is 0.430. The van der Waals surface area contributed by atoms with Crippen molar-refractivity contribution in [2.75, 3.05) is 0 Å². The molecule has 0 aliphatic rings. The van der Waals surface area contributed by atoms with Crippen molar-refractivity contribution in [2.24, 2.45) is 0 Å². The zero-order chi connectivity index (χ0) is 16.3. The molecule has 2 aromatic carbocycles. The Kier molecular flexibility index (Phi) is 7.41. The minimum absolute atomic E-state index is 0.430. The number of imidazole rings is 1. The van der Waals surface area contributed by atoms with E-state index in [0.717, 1.165) is 6.32 Å². The number of nitrogens with zero attached hydrogens (tertiary/aromatic N) is 1. The third kappa shape index (κ3) is 6.29. The molecule has 0 unspecified atom stereocenters. The molecule has 1 heterocycles. The zero-order valence-corrected chi connectivity index (χ0v) is 14.8. The smallest absolute Gasteiger partial charge is 0.213 e. The van der Waals surface area contributed by atoms with Gasteiger partial charge in [0.25, 0.3) is 0 Å². The van der Waals surface area contributed by atoms with Gasteiger partial charge in [-0.2, -0.15) is 0 Å². The molecule has 0 saturated carbocycles. The SMILES string of the molecule is CC(Br)=CCB(c1ccccc1)c1ccccc1.c1c[nH]cn1. The van der Waals surface area contributed by atoms with Gasteiger partial charge in [-0.25, -0.2) is 4.98 Å². The van der Waals surface area contributed by atoms with E-state index in [1.165, 1.54) is 15.4 Å². The predicted octanol–water partition coefficient (Wildman–Crippen LogP) is 4.00. The maximum Gasteiger partial charge on any atom is 0.213 e. The zero-order valence-electron chi connectivity index (χ0n) is 13.2. The van der Waals surface area contributed by atoms with Crippen LogP contribution in [0.3, 0.4) is 0 Å². The van der Waals surface area contributed by atoms with E-state index in [1.807, 2.05) is 0 Å². The minimum Gasteiger partial charge on any atom is -0.351 e. The molecule has 0 radical (unpaired) electrons. The molecule has 23 heavy (non-hydrogen) atoms. The van der Waals surface area contributed by atoms with Crippen molar-refractivity contribution in [1.82, 2.24) is 9.97 Å². The highest BCUT2D eigenvalue weighted by Crippen LogP contribution is 2.07. The summed E-state index contributed by atoms with van der Waals surface area (Å²) in [7, 11) is 0. The van der Waals surface area contributed by atoms with Gasteiger partial charge in [0.05, 0.1) is 6.33 Å². The van der Waals surface area contributed by atoms with Crippen LogP contribution in [0.15, 0.2) is 89.9 Å². The summed E-state index contributed by atoms with van der Waals surface area (Å²) in [5.41, 5.74) is 2.74. The second-order valence-corrected chi connectivity index (χ2v) is 6.41. The lowest BCUT2D eigenvalue weighted by molar-refractivity contribution is 1.31. The van der Waals surface area contributed by atoms with Gasteiger partial charge in [-0.05, 0) is 17.7 Å². The van der Waals surface area contributed by atoms with Crippen LogP contribution in [0.4, 0.5) is 0 Å². The molecule has 1 N–H and O–H groups in total. The summed E-state index contributed by atoms with van der Waals surface area (Å²) in [4.78, 5) is 6.42. The molecule has 0 aliphatic carbocycles. The predicted molar refractivity (Wildman–Crippen MR) is 104 cm³/mol. The van der Waals surface area contributed by atoms with Gasteiger partial charge in [0.2, 0.25) is 6.71 Å². The van der Waals surface area contributed by atoms with Crippen molar-refractivity contribution in [2.45, 2.75) is 13.2 Å². The van der Waals surface area contributed by atoms with Gasteiger partial charge in [0, 0.05) is 12.4 Å². The number of hydrogen-bond donors (Lipinski definition) is 1. The number of halogens is 1. The summed E-state index contributed by atoms with van der Waals surface area (Å²) in [5, 5.41) is 0. The Bertz CT molecular complexity index is 621. The topological polar surface area (TPSA) is 28.7 Å². The van der Waals surface area contributed by atoms with E-state index in [0.29, 0.717) is 6.71 Å². The van der Waals surface area contributed by atoms with E-state index in [9.17, 15) is 0 Å². The second-order valence-electron chi connectivity index (χ2n) is 5.16. The molecule has 0 amide bonds. The van der Waals surface area contributed by atoms with Crippen LogP contribution in [0.2, 0.25) is 6.32 Å². The summed E-state index contributed by atoms with van der Waals surface area (Å²) in [5.74, 6) is 0. The summed E-state index contributed by atoms with van der Waals surface area (Å²) in [6.45, 7) is 2.51. The van der Waals surface area contributed by atoms with Gasteiger partial charge < -0.3 is 4.98 Å². The monoisotopic (exact) mass is 366 g/mol. The molecule has 3 aromatic rings. The first kappa shape index (κ1) is 17.3. The number of H-pyrrole nitrogens is 1. The summed E-state index contributed by atoms with van der Waals surface area (Å²) in [6.07, 6.45) is 8.34. The van der Waals surface area contributed by atoms with Gasteiger partial charge in [-0.1, -0.05) is 93.6 Å². The number of hydrogen-bond acceptors (Lipinski definition) is 1. The third-order valence-corrected chi connectivity index (χ3v) is 3.77. The first-order valence-corrected chi connectivity index (χ1v) is 8.41. The Labute approximate surface area is 146 Å². The van der Waals surface area contributed by atoms with Crippen LogP contribution in [0, 0.1) is 0 Å². The van der Waals surface area contributed by atoms with Crippen LogP contribution in [0.25, 0.3) is 0 Å². The first-order chi connectivity index (χ1) is 11.3. The first-order valence-electron chi connectivity index (χ1n) is 7.62. The summed E-state index contributed by atoms with van der Waals surface area (Å²) in [6, 6.07) is 21.4. The van der Waals surface area contributed by atoms with Crippen LogP contribution in [0.5, 0.6) is 0 Å². The molecule has 0 atom stereocenters. The lowest BCUT2D eigenvalue weighted by Gasteiger charge is -2.12. The fourth-order valence-electron chi connectivity index (χ4n) is 2.33. The van der Waals surface area contributed by atoms with Crippen molar-refractivity contribution in [3.8, 4) is 0 Å². The third-order valence-electron chi connectivity index (χ3n) is 3.44. The average molecular weight is 367 g/mol. The highest BCUT2D eigenvalue weighted by Gasteiger charge is 2.16. The van der Waals surface area contributed by atoms with Crippen LogP contribution in [-0.4, -0.2) is 16.7 Å². The fraction of sp³-hybridized carbons (Fsp3) is 0.105. The Balaban J connectivity index is 0.000000326. The Hall–Kier alpha value is -2.07. The van der Waals surface area contributed by atoms with Gasteiger partial charge in [-0.3, -0.25) is 0 Å². The molecule has 4 heteroatoms. The lowest BCUT2D eigenvalue weighted by Crippen LogP contribution is -2.41. The largest absolute Gasteiger partial charge is 0.351 e. The molecular weight excluding hydrogens is 347 g/mol. The molecule has 0 bridgehead atoms. The Morgan fingerprint density at radius 2 is 1.61 bits per heavy atom. The molecule has 2 nitrogen and oxygen atoms in total. The number of rotatable bonds is 4. The van der Waals surface area contributed by atoms with Crippen LogP contribution in [0.1, 0.15) is 6.92 Å². The highest BCUT2D eigenvalue weighted by atomic mass is 79.9. The van der Waals surface area contributed by atoms with Crippen molar-refractivity contribution < 1.29 is 0 Å². The van der Waals surface area contributed by atoms with Crippen LogP contribution >= 0.6 is 15.9 Å². The van der Waals surface area contributed by atoms with Crippen LogP contribution in [-0.2, 0) is 0 Å². The molecular formula is C19H20BBrN2. The normalized spacial score (nSPS) is 10.6. The van der Waals surface area contributed by atoms with Gasteiger partial charge in [0.1, 0.15) is 0 Å². The van der Waals surface area contributed by atoms with E-state index in [2.05, 4.69) is 99.6 Å². The Morgan fingerprint density at radius 3 is 1.96 bits per heavy atom. The van der Waals surface area contributed by atoms with Crippen molar-refractivity contribution in [1.29, 1.82) is 0 Å². The summed E-state index contributed by atoms with van der Waals surface area (Å²) >= 11 is 3.51. The Morgan fingerprint density at radius 1 is 1.04 bits per heavy atom. The summed E-state index contributed by atoms with van der Waals surface area (Å²) < 4.78 is 1.19. The standard InChI is InChI=1S/C16H16BBr.C3H4N2/c1-14(18)12-13-17(15-8-4-2-5-9-15)16-10-6-3-7-11-16;1-2-5-3-4-1/h2-12H,13H2,1H3;1-3H,(H,4,5). The molecule has 0 fully saturated rings. The van der Waals surface area contributed by atoms with E-state index < -0.39 is 0 Å². The molecule has 0 saturated heterocycles. The van der Waals surface area contributed by atoms with Gasteiger partial charge >= 0.3 is 0 Å². The average Bonchev–Trinajstić information content (AvgIpc) is 3.17. The molecule has 0 aliphatic heterocycles. The lowest BCUT2D eigenvalue weighted by atomic mass is 9.39. The molecule has 3 rings (SSSR count). The number of aromatic amines is 1. The molecule has 116 valence electrons. The number of allylic oxidation sites excluding steroid dienone is 2. The van der Waals surface area contributed by atoms with Crippen LogP contribution < -0.4 is 10.9 Å². The number of benzene rings is 2. The van der Waals surface area contributed by atoms with E-state index in [1.54, 1.807) is 18.7 Å². The maximum absolute atomic E-state index is 3.67. The maximum atomic E-state index is 3.67. The number of nitrogens with one attached hydrogen (secondary N) is 1. The number of aromatic nitrogens is 2. The van der Waals surface area contributed by atoms with E-state index >= 15 is 0 Å². The van der Waals surface area contributed by atoms with Crippen molar-refractivity contribution in [3.05, 3.63) is 89.9 Å². The van der Waals surface area contributed by atoms with Crippen molar-refractivity contribution in [3.63, 3.8) is 0 Å². The quantitative estimate of drug-likeness (QED) is 0.694. The molecule has 0 spiro atoms. The van der Waals surface area contributed by atoms with E-state index in [-0.39, 0.29) is 0 Å². The van der Waals surface area contributed by atoms with E-state index in [4.69, 9.17) is 0 Å².